The van der Waals surface area contributed by atoms with Crippen molar-refractivity contribution in [2.24, 2.45) is 0 Å². The van der Waals surface area contributed by atoms with Crippen LogP contribution in [0.25, 0.3) is 55.3 Å². The number of fused-ring (bicyclic) bond motifs is 9. The van der Waals surface area contributed by atoms with Gasteiger partial charge in [-0.05, 0) is 81.3 Å². The Bertz CT molecular complexity index is 1980. The van der Waals surface area contributed by atoms with Gasteiger partial charge >= 0.3 is 0 Å². The molecular formula is C37H30O. The Kier molecular flexibility index (Phi) is 4.07. The van der Waals surface area contributed by atoms with Gasteiger partial charge in [0, 0.05) is 27.2 Å². The van der Waals surface area contributed by atoms with Gasteiger partial charge in [-0.15, -0.1) is 0 Å². The Balaban J connectivity index is 1.32. The first-order valence-electron chi connectivity index (χ1n) is 13.6. The van der Waals surface area contributed by atoms with Crippen LogP contribution in [0.5, 0.6) is 0 Å². The predicted molar refractivity (Wildman–Crippen MR) is 159 cm³/mol. The van der Waals surface area contributed by atoms with E-state index < -0.39 is 0 Å². The van der Waals surface area contributed by atoms with Gasteiger partial charge in [0.25, 0.3) is 0 Å². The highest BCUT2D eigenvalue weighted by Crippen LogP contribution is 2.56. The van der Waals surface area contributed by atoms with Crippen molar-refractivity contribution in [1.82, 2.24) is 0 Å². The van der Waals surface area contributed by atoms with Gasteiger partial charge in [0.05, 0.1) is 0 Å². The molecule has 6 aromatic rings. The summed E-state index contributed by atoms with van der Waals surface area (Å²) in [5, 5.41) is 2.35. The zero-order chi connectivity index (χ0) is 26.0. The topological polar surface area (TPSA) is 13.1 Å². The van der Waals surface area contributed by atoms with Crippen molar-refractivity contribution < 1.29 is 4.42 Å². The lowest BCUT2D eigenvalue weighted by Gasteiger charge is -2.24. The molecule has 0 fully saturated rings. The molecule has 0 unspecified atom stereocenters. The van der Waals surface area contributed by atoms with Crippen molar-refractivity contribution in [3.63, 3.8) is 0 Å². The third kappa shape index (κ3) is 2.67. The normalized spacial score (nSPS) is 15.9. The minimum Gasteiger partial charge on any atom is -0.455 e. The van der Waals surface area contributed by atoms with E-state index in [-0.39, 0.29) is 10.8 Å². The first kappa shape index (κ1) is 21.9. The van der Waals surface area contributed by atoms with E-state index in [9.17, 15) is 0 Å². The minimum atomic E-state index is -0.0882. The molecule has 0 spiro atoms. The average molecular weight is 491 g/mol. The standard InChI is InChI=1S/C37H30O/c1-21-13-15-24-28-19-33-29(20-32(28)36(2,3)30(24)17-21)25-16-14-22(18-31(25)37(33,4)5)23-10-8-11-27-26-9-6-7-12-34(26)38-35(23)27/h6-20H,1-5H3. The molecule has 0 amide bonds. The second kappa shape index (κ2) is 7.05. The van der Waals surface area contributed by atoms with Crippen molar-refractivity contribution in [2.75, 3.05) is 0 Å². The van der Waals surface area contributed by atoms with Crippen molar-refractivity contribution in [3.05, 3.63) is 119 Å². The van der Waals surface area contributed by atoms with Crippen LogP contribution < -0.4 is 0 Å². The van der Waals surface area contributed by atoms with Gasteiger partial charge in [-0.2, -0.15) is 0 Å². The molecule has 184 valence electrons. The molecule has 1 nitrogen and oxygen atoms in total. The van der Waals surface area contributed by atoms with E-state index in [2.05, 4.69) is 120 Å². The van der Waals surface area contributed by atoms with Crippen LogP contribution in [0.3, 0.4) is 0 Å². The molecule has 38 heavy (non-hydrogen) atoms. The van der Waals surface area contributed by atoms with Crippen LogP contribution in [0.15, 0.2) is 95.4 Å². The first-order valence-corrected chi connectivity index (χ1v) is 13.6. The number of hydrogen-bond donors (Lipinski definition) is 0. The molecule has 2 aliphatic rings. The molecule has 0 radical (unpaired) electrons. The van der Waals surface area contributed by atoms with Crippen LogP contribution in [-0.2, 0) is 10.8 Å². The fourth-order valence-electron chi connectivity index (χ4n) is 7.22. The predicted octanol–water partition coefficient (Wildman–Crippen LogP) is 10.2. The van der Waals surface area contributed by atoms with E-state index in [4.69, 9.17) is 4.42 Å². The summed E-state index contributed by atoms with van der Waals surface area (Å²) in [6.45, 7) is 11.7. The Morgan fingerprint density at radius 3 is 1.84 bits per heavy atom. The third-order valence-corrected chi connectivity index (χ3v) is 9.34. The van der Waals surface area contributed by atoms with Gasteiger partial charge in [-0.25, -0.2) is 0 Å². The lowest BCUT2D eigenvalue weighted by molar-refractivity contribution is 0.651. The van der Waals surface area contributed by atoms with E-state index in [1.807, 2.05) is 6.07 Å². The van der Waals surface area contributed by atoms with E-state index in [0.29, 0.717) is 0 Å². The summed E-state index contributed by atoms with van der Waals surface area (Å²) < 4.78 is 6.39. The molecular weight excluding hydrogens is 460 g/mol. The van der Waals surface area contributed by atoms with Crippen LogP contribution >= 0.6 is 0 Å². The molecule has 2 aliphatic carbocycles. The van der Waals surface area contributed by atoms with Crippen LogP contribution in [0.1, 0.15) is 55.5 Å². The van der Waals surface area contributed by atoms with Crippen molar-refractivity contribution in [2.45, 2.75) is 45.4 Å². The smallest absolute Gasteiger partial charge is 0.143 e. The number of benzene rings is 5. The van der Waals surface area contributed by atoms with Gasteiger partial charge in [0.1, 0.15) is 11.2 Å². The monoisotopic (exact) mass is 490 g/mol. The summed E-state index contributed by atoms with van der Waals surface area (Å²) in [7, 11) is 0. The molecule has 0 aliphatic heterocycles. The third-order valence-electron chi connectivity index (χ3n) is 9.34. The zero-order valence-corrected chi connectivity index (χ0v) is 22.6. The minimum absolute atomic E-state index is 0.00447. The second-order valence-electron chi connectivity index (χ2n) is 12.3. The van der Waals surface area contributed by atoms with Gasteiger partial charge in [-0.3, -0.25) is 0 Å². The van der Waals surface area contributed by atoms with Gasteiger partial charge < -0.3 is 4.42 Å². The van der Waals surface area contributed by atoms with E-state index in [1.165, 1.54) is 66.4 Å². The first-order chi connectivity index (χ1) is 18.2. The Morgan fingerprint density at radius 1 is 0.500 bits per heavy atom. The Morgan fingerprint density at radius 2 is 1.11 bits per heavy atom. The van der Waals surface area contributed by atoms with E-state index >= 15 is 0 Å². The largest absolute Gasteiger partial charge is 0.455 e. The summed E-state index contributed by atoms with van der Waals surface area (Å²) in [4.78, 5) is 0. The zero-order valence-electron chi connectivity index (χ0n) is 22.6. The van der Waals surface area contributed by atoms with Crippen LogP contribution in [-0.4, -0.2) is 0 Å². The van der Waals surface area contributed by atoms with Crippen molar-refractivity contribution in [3.8, 4) is 33.4 Å². The average Bonchev–Trinajstić information content (AvgIpc) is 3.47. The van der Waals surface area contributed by atoms with E-state index in [1.54, 1.807) is 0 Å². The molecule has 0 saturated carbocycles. The summed E-state index contributed by atoms with van der Waals surface area (Å²) in [5.41, 5.74) is 16.7. The molecule has 1 heterocycles. The lowest BCUT2D eigenvalue weighted by atomic mass is 9.79. The highest BCUT2D eigenvalue weighted by molar-refractivity contribution is 6.09. The molecule has 0 atom stereocenters. The number of furan rings is 1. The fraction of sp³-hybridized carbons (Fsp3) is 0.189. The van der Waals surface area contributed by atoms with Crippen LogP contribution in [0, 0.1) is 6.92 Å². The van der Waals surface area contributed by atoms with Crippen LogP contribution in [0.4, 0.5) is 0 Å². The van der Waals surface area contributed by atoms with Gasteiger partial charge in [-0.1, -0.05) is 100.0 Å². The quantitative estimate of drug-likeness (QED) is 0.223. The maximum atomic E-state index is 6.39. The molecule has 0 saturated heterocycles. The fourth-order valence-corrected chi connectivity index (χ4v) is 7.22. The maximum Gasteiger partial charge on any atom is 0.143 e. The van der Waals surface area contributed by atoms with Crippen LogP contribution in [0.2, 0.25) is 0 Å². The van der Waals surface area contributed by atoms with Gasteiger partial charge in [0.15, 0.2) is 0 Å². The summed E-state index contributed by atoms with van der Waals surface area (Å²) in [5.74, 6) is 0. The molecule has 0 N–H and O–H groups in total. The number of rotatable bonds is 1. The summed E-state index contributed by atoms with van der Waals surface area (Å²) >= 11 is 0. The second-order valence-corrected chi connectivity index (χ2v) is 12.3. The number of hydrogen-bond acceptors (Lipinski definition) is 1. The Hall–Kier alpha value is -4.10. The summed E-state index contributed by atoms with van der Waals surface area (Å²) in [6, 6.07) is 33.8. The molecule has 5 aromatic carbocycles. The number of para-hydroxylation sites is 2. The highest BCUT2D eigenvalue weighted by atomic mass is 16.3. The van der Waals surface area contributed by atoms with Crippen molar-refractivity contribution >= 4 is 21.9 Å². The lowest BCUT2D eigenvalue weighted by Crippen LogP contribution is -2.17. The SMILES string of the molecule is Cc1ccc2c(c1)C(C)(C)c1cc3c(cc1-2)C(C)(C)c1cc(-c2cccc4c2oc2ccccc24)ccc1-3. The molecule has 1 heteroatoms. The molecule has 0 bridgehead atoms. The number of aryl methyl sites for hydroxylation is 1. The van der Waals surface area contributed by atoms with Gasteiger partial charge in [0.2, 0.25) is 0 Å². The van der Waals surface area contributed by atoms with E-state index in [0.717, 1.165) is 16.7 Å². The molecule has 8 rings (SSSR count). The molecule has 1 aromatic heterocycles. The summed E-state index contributed by atoms with van der Waals surface area (Å²) in [6.07, 6.45) is 0. The maximum absolute atomic E-state index is 6.39. The van der Waals surface area contributed by atoms with Crippen molar-refractivity contribution in [1.29, 1.82) is 0 Å². The highest BCUT2D eigenvalue weighted by Gasteiger charge is 2.41. The Labute approximate surface area is 223 Å².